The summed E-state index contributed by atoms with van der Waals surface area (Å²) in [5, 5.41) is 13.6. The first-order valence-corrected chi connectivity index (χ1v) is 6.23. The van der Waals surface area contributed by atoms with Crippen LogP contribution in [0.5, 0.6) is 11.5 Å². The number of halogens is 1. The highest BCUT2D eigenvalue weighted by molar-refractivity contribution is 6.29. The third-order valence-electron chi connectivity index (χ3n) is 2.81. The van der Waals surface area contributed by atoms with E-state index in [0.717, 1.165) is 11.3 Å². The number of aromatic nitrogens is 1. The van der Waals surface area contributed by atoms with Crippen LogP contribution in [-0.4, -0.2) is 17.2 Å². The number of nitrogens with one attached hydrogen (secondary N) is 1. The molecule has 0 bridgehead atoms. The number of benzene rings is 1. The van der Waals surface area contributed by atoms with Crippen molar-refractivity contribution in [3.05, 3.63) is 47.2 Å². The summed E-state index contributed by atoms with van der Waals surface area (Å²) >= 11 is 5.83. The summed E-state index contributed by atoms with van der Waals surface area (Å²) in [7, 11) is 1.59. The monoisotopic (exact) mass is 278 g/mol. The van der Waals surface area contributed by atoms with E-state index in [-0.39, 0.29) is 11.8 Å². The summed E-state index contributed by atoms with van der Waals surface area (Å²) in [6.45, 7) is 1.95. The maximum absolute atomic E-state index is 9.90. The van der Waals surface area contributed by atoms with Crippen LogP contribution in [0.1, 0.15) is 18.5 Å². The molecule has 2 rings (SSSR count). The minimum atomic E-state index is -0.0893. The van der Waals surface area contributed by atoms with Crippen LogP contribution < -0.4 is 10.1 Å². The van der Waals surface area contributed by atoms with Gasteiger partial charge >= 0.3 is 0 Å². The summed E-state index contributed by atoms with van der Waals surface area (Å²) in [6.07, 6.45) is 1.63. The predicted octanol–water partition coefficient (Wildman–Crippen LogP) is 3.62. The standard InChI is InChI=1S/C14H15ClN2O2/c1-9(17-10-5-6-16-14(15)7-10)12-8-11(19-2)3-4-13(12)18/h3-9,18H,1-2H3,(H,16,17). The van der Waals surface area contributed by atoms with Gasteiger partial charge in [0.2, 0.25) is 0 Å². The first-order valence-electron chi connectivity index (χ1n) is 5.85. The smallest absolute Gasteiger partial charge is 0.131 e. The van der Waals surface area contributed by atoms with Gasteiger partial charge in [0.05, 0.1) is 13.2 Å². The molecule has 4 nitrogen and oxygen atoms in total. The number of methoxy groups -OCH3 is 1. The van der Waals surface area contributed by atoms with Crippen LogP contribution >= 0.6 is 11.6 Å². The van der Waals surface area contributed by atoms with E-state index in [1.165, 1.54) is 0 Å². The molecule has 1 aromatic heterocycles. The lowest BCUT2D eigenvalue weighted by Gasteiger charge is -2.17. The van der Waals surface area contributed by atoms with Crippen molar-refractivity contribution in [2.24, 2.45) is 0 Å². The fraction of sp³-hybridized carbons (Fsp3) is 0.214. The van der Waals surface area contributed by atoms with Crippen molar-refractivity contribution in [3.8, 4) is 11.5 Å². The van der Waals surface area contributed by atoms with E-state index in [1.54, 1.807) is 37.6 Å². The maximum atomic E-state index is 9.90. The van der Waals surface area contributed by atoms with Crippen LogP contribution in [0.3, 0.4) is 0 Å². The first kappa shape index (κ1) is 13.5. The molecule has 0 radical (unpaired) electrons. The maximum Gasteiger partial charge on any atom is 0.131 e. The number of phenols is 1. The second-order valence-corrected chi connectivity index (χ2v) is 4.55. The molecule has 0 aliphatic rings. The number of rotatable bonds is 4. The van der Waals surface area contributed by atoms with Gasteiger partial charge in [0.1, 0.15) is 16.7 Å². The zero-order chi connectivity index (χ0) is 13.8. The van der Waals surface area contributed by atoms with E-state index in [9.17, 15) is 5.11 Å². The molecule has 0 saturated heterocycles. The van der Waals surface area contributed by atoms with Crippen LogP contribution in [0.2, 0.25) is 5.15 Å². The van der Waals surface area contributed by atoms with E-state index < -0.39 is 0 Å². The summed E-state index contributed by atoms with van der Waals surface area (Å²) in [5.74, 6) is 0.926. The Bertz CT molecular complexity index is 575. The molecule has 0 amide bonds. The molecular weight excluding hydrogens is 264 g/mol. The molecule has 1 aromatic carbocycles. The zero-order valence-electron chi connectivity index (χ0n) is 10.7. The number of hydrogen-bond donors (Lipinski definition) is 2. The lowest BCUT2D eigenvalue weighted by Crippen LogP contribution is -2.07. The Hall–Kier alpha value is -1.94. The lowest BCUT2D eigenvalue weighted by atomic mass is 10.1. The molecule has 5 heteroatoms. The average molecular weight is 279 g/mol. The Morgan fingerprint density at radius 2 is 2.11 bits per heavy atom. The Kier molecular flexibility index (Phi) is 4.12. The van der Waals surface area contributed by atoms with Crippen molar-refractivity contribution in [2.75, 3.05) is 12.4 Å². The van der Waals surface area contributed by atoms with Crippen LogP contribution in [0.4, 0.5) is 5.69 Å². The molecule has 2 N–H and O–H groups in total. The molecule has 0 aliphatic carbocycles. The molecule has 1 atom stereocenters. The number of pyridine rings is 1. The molecule has 19 heavy (non-hydrogen) atoms. The van der Waals surface area contributed by atoms with E-state index in [0.29, 0.717) is 10.9 Å². The Morgan fingerprint density at radius 3 is 2.79 bits per heavy atom. The Labute approximate surface area is 117 Å². The van der Waals surface area contributed by atoms with Gasteiger partial charge in [-0.25, -0.2) is 4.98 Å². The van der Waals surface area contributed by atoms with Gasteiger partial charge in [-0.2, -0.15) is 0 Å². The average Bonchev–Trinajstić information content (AvgIpc) is 2.39. The van der Waals surface area contributed by atoms with Crippen molar-refractivity contribution < 1.29 is 9.84 Å². The first-order chi connectivity index (χ1) is 9.10. The molecular formula is C14H15ClN2O2. The van der Waals surface area contributed by atoms with Gasteiger partial charge in [-0.05, 0) is 37.3 Å². The van der Waals surface area contributed by atoms with E-state index in [4.69, 9.17) is 16.3 Å². The normalized spacial score (nSPS) is 11.9. The molecule has 0 spiro atoms. The van der Waals surface area contributed by atoms with Gasteiger partial charge in [0, 0.05) is 17.4 Å². The van der Waals surface area contributed by atoms with Crippen molar-refractivity contribution in [1.29, 1.82) is 0 Å². The minimum Gasteiger partial charge on any atom is -0.508 e. The van der Waals surface area contributed by atoms with Gasteiger partial charge < -0.3 is 15.2 Å². The third-order valence-corrected chi connectivity index (χ3v) is 3.02. The Balaban J connectivity index is 2.22. The van der Waals surface area contributed by atoms with Gasteiger partial charge in [0.25, 0.3) is 0 Å². The highest BCUT2D eigenvalue weighted by atomic mass is 35.5. The number of hydrogen-bond acceptors (Lipinski definition) is 4. The predicted molar refractivity (Wildman–Crippen MR) is 75.9 cm³/mol. The van der Waals surface area contributed by atoms with Crippen molar-refractivity contribution >= 4 is 17.3 Å². The largest absolute Gasteiger partial charge is 0.508 e. The van der Waals surface area contributed by atoms with Gasteiger partial charge in [-0.15, -0.1) is 0 Å². The quantitative estimate of drug-likeness (QED) is 0.839. The molecule has 2 aromatic rings. The Morgan fingerprint density at radius 1 is 1.32 bits per heavy atom. The van der Waals surface area contributed by atoms with Crippen molar-refractivity contribution in [1.82, 2.24) is 4.98 Å². The van der Waals surface area contributed by atoms with Gasteiger partial charge in [0.15, 0.2) is 0 Å². The van der Waals surface area contributed by atoms with Crippen molar-refractivity contribution in [3.63, 3.8) is 0 Å². The summed E-state index contributed by atoms with van der Waals surface area (Å²) in [5.41, 5.74) is 1.60. The summed E-state index contributed by atoms with van der Waals surface area (Å²) in [4.78, 5) is 3.92. The molecule has 100 valence electrons. The van der Waals surface area contributed by atoms with Crippen LogP contribution in [-0.2, 0) is 0 Å². The fourth-order valence-electron chi connectivity index (χ4n) is 1.83. The summed E-state index contributed by atoms with van der Waals surface area (Å²) in [6, 6.07) is 8.60. The lowest BCUT2D eigenvalue weighted by molar-refractivity contribution is 0.410. The molecule has 1 unspecified atom stereocenters. The number of phenolic OH excluding ortho intramolecular Hbond substituents is 1. The van der Waals surface area contributed by atoms with Crippen LogP contribution in [0.25, 0.3) is 0 Å². The van der Waals surface area contributed by atoms with E-state index in [2.05, 4.69) is 10.3 Å². The highest BCUT2D eigenvalue weighted by Crippen LogP contribution is 2.30. The highest BCUT2D eigenvalue weighted by Gasteiger charge is 2.11. The molecule has 0 saturated carbocycles. The number of anilines is 1. The molecule has 1 heterocycles. The van der Waals surface area contributed by atoms with Crippen LogP contribution in [0, 0.1) is 0 Å². The molecule has 0 aliphatic heterocycles. The molecule has 0 fully saturated rings. The SMILES string of the molecule is COc1ccc(O)c(C(C)Nc2ccnc(Cl)c2)c1. The van der Waals surface area contributed by atoms with Gasteiger partial charge in [-0.3, -0.25) is 0 Å². The number of ether oxygens (including phenoxy) is 1. The van der Waals surface area contributed by atoms with Crippen LogP contribution in [0.15, 0.2) is 36.5 Å². The second-order valence-electron chi connectivity index (χ2n) is 4.16. The van der Waals surface area contributed by atoms with E-state index in [1.807, 2.05) is 13.0 Å². The second kappa shape index (κ2) is 5.80. The number of nitrogens with zero attached hydrogens (tertiary/aromatic N) is 1. The topological polar surface area (TPSA) is 54.4 Å². The summed E-state index contributed by atoms with van der Waals surface area (Å²) < 4.78 is 5.16. The zero-order valence-corrected chi connectivity index (χ0v) is 11.5. The number of aromatic hydroxyl groups is 1. The van der Waals surface area contributed by atoms with E-state index >= 15 is 0 Å². The third kappa shape index (κ3) is 3.29. The van der Waals surface area contributed by atoms with Crippen molar-refractivity contribution in [2.45, 2.75) is 13.0 Å². The van der Waals surface area contributed by atoms with Gasteiger partial charge in [-0.1, -0.05) is 11.6 Å². The fourth-order valence-corrected chi connectivity index (χ4v) is 2.00. The minimum absolute atomic E-state index is 0.0893.